The highest BCUT2D eigenvalue weighted by atomic mass is 16.6. The van der Waals surface area contributed by atoms with Gasteiger partial charge in [0.2, 0.25) is 0 Å². The molecule has 0 spiro atoms. The molecule has 0 aromatic rings. The minimum atomic E-state index is -0.552. The minimum Gasteiger partial charge on any atom is -0.467 e. The number of esters is 1. The zero-order chi connectivity index (χ0) is 11.2. The molecule has 0 aromatic heterocycles. The lowest BCUT2D eigenvalue weighted by Gasteiger charge is -2.32. The van der Waals surface area contributed by atoms with Gasteiger partial charge in [0, 0.05) is 6.54 Å². The molecule has 0 aliphatic heterocycles. The second-order valence-electron chi connectivity index (χ2n) is 3.38. The number of hydrogen-bond acceptors (Lipinski definition) is 4. The lowest BCUT2D eigenvalue weighted by molar-refractivity contribution is -0.165. The van der Waals surface area contributed by atoms with E-state index >= 15 is 0 Å². The van der Waals surface area contributed by atoms with Crippen molar-refractivity contribution in [1.29, 1.82) is 0 Å². The molecule has 84 valence electrons. The number of carbonyl (C=O) groups excluding carboxylic acids is 1. The van der Waals surface area contributed by atoms with Gasteiger partial charge in [-0.25, -0.2) is 4.79 Å². The second-order valence-corrected chi connectivity index (χ2v) is 3.38. The Hall–Kier alpha value is -0.610. The molecule has 1 unspecified atom stereocenters. The third kappa shape index (κ3) is 3.27. The van der Waals surface area contributed by atoms with Gasteiger partial charge in [0.15, 0.2) is 6.10 Å². The van der Waals surface area contributed by atoms with Crippen molar-refractivity contribution in [2.24, 2.45) is 5.73 Å². The normalized spacial score (nSPS) is 13.8. The van der Waals surface area contributed by atoms with Crippen LogP contribution < -0.4 is 5.73 Å². The lowest BCUT2D eigenvalue weighted by Crippen LogP contribution is -2.44. The molecule has 0 aromatic carbocycles. The summed E-state index contributed by atoms with van der Waals surface area (Å²) >= 11 is 0. The van der Waals surface area contributed by atoms with Gasteiger partial charge in [-0.3, -0.25) is 0 Å². The lowest BCUT2D eigenvalue weighted by atomic mass is 9.97. The third-order valence-electron chi connectivity index (χ3n) is 2.62. The molecular weight excluding hydrogens is 182 g/mol. The van der Waals surface area contributed by atoms with Gasteiger partial charge < -0.3 is 15.2 Å². The van der Waals surface area contributed by atoms with Crippen LogP contribution in [0.3, 0.4) is 0 Å². The summed E-state index contributed by atoms with van der Waals surface area (Å²) in [6, 6.07) is 0. The highest BCUT2D eigenvalue weighted by Gasteiger charge is 2.30. The zero-order valence-corrected chi connectivity index (χ0v) is 9.50. The zero-order valence-electron chi connectivity index (χ0n) is 9.50. The SMILES string of the molecule is CCC(CC)(CN)OC(C)C(=O)OC. The average molecular weight is 203 g/mol. The van der Waals surface area contributed by atoms with Crippen LogP contribution in [0.5, 0.6) is 0 Å². The maximum absolute atomic E-state index is 11.1. The predicted octanol–water partition coefficient (Wildman–Crippen LogP) is 1.08. The standard InChI is InChI=1S/C10H21NO3/c1-5-10(6-2,7-11)14-8(3)9(12)13-4/h8H,5-7,11H2,1-4H3. The molecule has 0 amide bonds. The molecule has 0 aliphatic carbocycles. The van der Waals surface area contributed by atoms with E-state index in [2.05, 4.69) is 4.74 Å². The Labute approximate surface area is 85.8 Å². The van der Waals surface area contributed by atoms with E-state index in [9.17, 15) is 4.79 Å². The van der Waals surface area contributed by atoms with Crippen LogP contribution in [0.2, 0.25) is 0 Å². The Balaban J connectivity index is 4.36. The monoisotopic (exact) mass is 203 g/mol. The third-order valence-corrected chi connectivity index (χ3v) is 2.62. The van der Waals surface area contributed by atoms with Crippen LogP contribution in [0.4, 0.5) is 0 Å². The largest absolute Gasteiger partial charge is 0.467 e. The Bertz CT molecular complexity index is 170. The van der Waals surface area contributed by atoms with Crippen molar-refractivity contribution < 1.29 is 14.3 Å². The molecule has 0 fully saturated rings. The van der Waals surface area contributed by atoms with E-state index in [1.165, 1.54) is 7.11 Å². The van der Waals surface area contributed by atoms with Crippen molar-refractivity contribution in [3.05, 3.63) is 0 Å². The van der Waals surface area contributed by atoms with Gasteiger partial charge in [0.05, 0.1) is 12.7 Å². The van der Waals surface area contributed by atoms with Gasteiger partial charge in [0.1, 0.15) is 0 Å². The maximum atomic E-state index is 11.1. The predicted molar refractivity (Wildman–Crippen MR) is 54.9 cm³/mol. The van der Waals surface area contributed by atoms with Gasteiger partial charge in [-0.15, -0.1) is 0 Å². The van der Waals surface area contributed by atoms with E-state index in [1.54, 1.807) is 6.92 Å². The van der Waals surface area contributed by atoms with Gasteiger partial charge >= 0.3 is 5.97 Å². The fraction of sp³-hybridized carbons (Fsp3) is 0.900. The smallest absolute Gasteiger partial charge is 0.334 e. The summed E-state index contributed by atoms with van der Waals surface area (Å²) in [5.74, 6) is -0.357. The fourth-order valence-electron chi connectivity index (χ4n) is 1.34. The van der Waals surface area contributed by atoms with E-state index in [0.29, 0.717) is 6.54 Å². The van der Waals surface area contributed by atoms with Crippen molar-refractivity contribution in [2.75, 3.05) is 13.7 Å². The number of carbonyl (C=O) groups is 1. The summed E-state index contributed by atoms with van der Waals surface area (Å²) in [5.41, 5.74) is 5.25. The first-order valence-electron chi connectivity index (χ1n) is 5.01. The first kappa shape index (κ1) is 13.4. The van der Waals surface area contributed by atoms with Gasteiger partial charge in [-0.05, 0) is 19.8 Å². The van der Waals surface area contributed by atoms with Crippen LogP contribution in [0.25, 0.3) is 0 Å². The van der Waals surface area contributed by atoms with E-state index in [1.807, 2.05) is 13.8 Å². The first-order chi connectivity index (χ1) is 6.55. The van der Waals surface area contributed by atoms with Crippen molar-refractivity contribution in [2.45, 2.75) is 45.3 Å². The quantitative estimate of drug-likeness (QED) is 0.656. The highest BCUT2D eigenvalue weighted by molar-refractivity contribution is 5.74. The topological polar surface area (TPSA) is 61.5 Å². The number of ether oxygens (including phenoxy) is 2. The van der Waals surface area contributed by atoms with Crippen molar-refractivity contribution in [3.63, 3.8) is 0 Å². The molecule has 0 bridgehead atoms. The van der Waals surface area contributed by atoms with Gasteiger partial charge in [0.25, 0.3) is 0 Å². The average Bonchev–Trinajstić information content (AvgIpc) is 2.24. The maximum Gasteiger partial charge on any atom is 0.334 e. The van der Waals surface area contributed by atoms with E-state index in [4.69, 9.17) is 10.5 Å². The van der Waals surface area contributed by atoms with Crippen molar-refractivity contribution in [3.8, 4) is 0 Å². The summed E-state index contributed by atoms with van der Waals surface area (Å²) in [7, 11) is 1.35. The molecule has 0 radical (unpaired) electrons. The van der Waals surface area contributed by atoms with Crippen molar-refractivity contribution >= 4 is 5.97 Å². The Kier molecular flexibility index (Phi) is 5.72. The summed E-state index contributed by atoms with van der Waals surface area (Å²) in [6.45, 7) is 6.10. The minimum absolute atomic E-state index is 0.357. The van der Waals surface area contributed by atoms with Crippen LogP contribution in [-0.4, -0.2) is 31.3 Å². The van der Waals surface area contributed by atoms with Crippen LogP contribution >= 0.6 is 0 Å². The summed E-state index contributed by atoms with van der Waals surface area (Å²) in [5, 5.41) is 0. The fourth-order valence-corrected chi connectivity index (χ4v) is 1.34. The van der Waals surface area contributed by atoms with E-state index in [-0.39, 0.29) is 5.97 Å². The molecular formula is C10H21NO3. The molecule has 4 nitrogen and oxygen atoms in total. The molecule has 0 saturated carbocycles. The summed E-state index contributed by atoms with van der Waals surface area (Å²) < 4.78 is 10.2. The molecule has 0 aliphatic rings. The number of rotatable bonds is 6. The molecule has 2 N–H and O–H groups in total. The van der Waals surface area contributed by atoms with Gasteiger partial charge in [-0.1, -0.05) is 13.8 Å². The van der Waals surface area contributed by atoms with E-state index < -0.39 is 11.7 Å². The van der Waals surface area contributed by atoms with Crippen LogP contribution in [0.1, 0.15) is 33.6 Å². The first-order valence-corrected chi connectivity index (χ1v) is 5.01. The molecule has 0 heterocycles. The van der Waals surface area contributed by atoms with Crippen LogP contribution in [-0.2, 0) is 14.3 Å². The molecule has 4 heteroatoms. The van der Waals surface area contributed by atoms with Crippen LogP contribution in [0, 0.1) is 0 Å². The highest BCUT2D eigenvalue weighted by Crippen LogP contribution is 2.21. The second kappa shape index (κ2) is 5.98. The molecule has 1 atom stereocenters. The van der Waals surface area contributed by atoms with Crippen molar-refractivity contribution in [1.82, 2.24) is 0 Å². The number of hydrogen-bond donors (Lipinski definition) is 1. The number of methoxy groups -OCH3 is 1. The number of nitrogens with two attached hydrogens (primary N) is 1. The Morgan fingerprint density at radius 1 is 1.43 bits per heavy atom. The Morgan fingerprint density at radius 3 is 2.21 bits per heavy atom. The van der Waals surface area contributed by atoms with Gasteiger partial charge in [-0.2, -0.15) is 0 Å². The molecule has 0 rings (SSSR count). The molecule has 0 saturated heterocycles. The molecule has 14 heavy (non-hydrogen) atoms. The van der Waals surface area contributed by atoms with Crippen LogP contribution in [0.15, 0.2) is 0 Å². The van der Waals surface area contributed by atoms with E-state index in [0.717, 1.165) is 12.8 Å². The summed E-state index contributed by atoms with van der Waals surface area (Å²) in [6.07, 6.45) is 1.03. The Morgan fingerprint density at radius 2 is 1.93 bits per heavy atom. The summed E-state index contributed by atoms with van der Waals surface area (Å²) in [4.78, 5) is 11.1.